The van der Waals surface area contributed by atoms with Crippen LogP contribution in [0.2, 0.25) is 0 Å². The molecule has 0 spiro atoms. The van der Waals surface area contributed by atoms with Crippen molar-refractivity contribution < 1.29 is 13.6 Å². The molecule has 0 bridgehead atoms. The number of carbonyl (C=O) groups excluding carboxylic acids is 1. The van der Waals surface area contributed by atoms with E-state index in [1.165, 1.54) is 6.07 Å². The fourth-order valence-corrected chi connectivity index (χ4v) is 2.54. The first-order valence-electron chi connectivity index (χ1n) is 6.84. The molecule has 20 heavy (non-hydrogen) atoms. The van der Waals surface area contributed by atoms with Gasteiger partial charge in [0, 0.05) is 18.7 Å². The van der Waals surface area contributed by atoms with Crippen molar-refractivity contribution in [3.63, 3.8) is 0 Å². The third-order valence-electron chi connectivity index (χ3n) is 3.56. The van der Waals surface area contributed by atoms with E-state index in [-0.39, 0.29) is 17.8 Å². The van der Waals surface area contributed by atoms with Crippen molar-refractivity contribution in [2.45, 2.75) is 31.7 Å². The number of carbonyl (C=O) groups is 1. The van der Waals surface area contributed by atoms with E-state index < -0.39 is 11.6 Å². The van der Waals surface area contributed by atoms with Gasteiger partial charge in [-0.05, 0) is 44.4 Å². The van der Waals surface area contributed by atoms with Crippen LogP contribution >= 0.6 is 0 Å². The van der Waals surface area contributed by atoms with E-state index in [1.807, 2.05) is 0 Å². The maximum absolute atomic E-state index is 13.5. The molecule has 1 aliphatic heterocycles. The lowest BCUT2D eigenvalue weighted by Crippen LogP contribution is -2.46. The molecule has 1 aromatic rings. The number of nitrogens with zero attached hydrogens (tertiary/aromatic N) is 1. The van der Waals surface area contributed by atoms with Crippen LogP contribution in [-0.2, 0) is 0 Å². The fraction of sp³-hybridized carbons (Fsp3) is 0.500. The number of nitrogens with one attached hydrogen (secondary N) is 1. The summed E-state index contributed by atoms with van der Waals surface area (Å²) in [7, 11) is 0. The largest absolute Gasteiger partial charge is 0.330 e. The van der Waals surface area contributed by atoms with Crippen LogP contribution in [0.4, 0.5) is 19.3 Å². The number of halogens is 2. The Hall–Kier alpha value is -1.69. The molecule has 2 amide bonds. The molecule has 1 fully saturated rings. The lowest BCUT2D eigenvalue weighted by atomic mass is 10.00. The van der Waals surface area contributed by atoms with Gasteiger partial charge in [-0.1, -0.05) is 0 Å². The zero-order chi connectivity index (χ0) is 14.5. The maximum atomic E-state index is 13.5. The summed E-state index contributed by atoms with van der Waals surface area (Å²) in [6.07, 6.45) is 3.65. The molecule has 1 heterocycles. The standard InChI is InChI=1S/C14H19F2N3O/c15-10-4-5-13(12(16)9-10)18-14(20)19-8-2-1-3-11(19)6-7-17/h4-5,9,11H,1-3,6-8,17H2,(H,18,20). The molecule has 1 unspecified atom stereocenters. The molecule has 4 nitrogen and oxygen atoms in total. The molecule has 0 radical (unpaired) electrons. The zero-order valence-electron chi connectivity index (χ0n) is 11.2. The summed E-state index contributed by atoms with van der Waals surface area (Å²) >= 11 is 0. The number of rotatable bonds is 3. The fourth-order valence-electron chi connectivity index (χ4n) is 2.54. The molecule has 6 heteroatoms. The lowest BCUT2D eigenvalue weighted by molar-refractivity contribution is 0.159. The number of piperidine rings is 1. The van der Waals surface area contributed by atoms with Crippen molar-refractivity contribution in [3.05, 3.63) is 29.8 Å². The smallest absolute Gasteiger partial charge is 0.322 e. The Morgan fingerprint density at radius 1 is 1.40 bits per heavy atom. The molecule has 0 saturated carbocycles. The monoisotopic (exact) mass is 283 g/mol. The maximum Gasteiger partial charge on any atom is 0.322 e. The summed E-state index contributed by atoms with van der Waals surface area (Å²) in [5, 5.41) is 2.50. The number of nitrogens with two attached hydrogens (primary N) is 1. The summed E-state index contributed by atoms with van der Waals surface area (Å²) in [5.74, 6) is -1.44. The van der Waals surface area contributed by atoms with Gasteiger partial charge in [0.25, 0.3) is 0 Å². The topological polar surface area (TPSA) is 58.4 Å². The SMILES string of the molecule is NCCC1CCCCN1C(=O)Nc1ccc(F)cc1F. The van der Waals surface area contributed by atoms with Crippen LogP contribution in [0.5, 0.6) is 0 Å². The van der Waals surface area contributed by atoms with E-state index in [4.69, 9.17) is 5.73 Å². The first-order chi connectivity index (χ1) is 9.61. The second-order valence-corrected chi connectivity index (χ2v) is 4.97. The summed E-state index contributed by atoms with van der Waals surface area (Å²) in [5.41, 5.74) is 5.55. The minimum Gasteiger partial charge on any atom is -0.330 e. The van der Waals surface area contributed by atoms with Crippen molar-refractivity contribution in [1.29, 1.82) is 0 Å². The number of amides is 2. The Kier molecular flexibility index (Phi) is 4.89. The highest BCUT2D eigenvalue weighted by Gasteiger charge is 2.26. The Balaban J connectivity index is 2.05. The summed E-state index contributed by atoms with van der Waals surface area (Å²) in [6, 6.07) is 2.84. The van der Waals surface area contributed by atoms with Gasteiger partial charge in [0.2, 0.25) is 0 Å². The number of likely N-dealkylation sites (tertiary alicyclic amines) is 1. The highest BCUT2D eigenvalue weighted by Crippen LogP contribution is 2.21. The normalized spacial score (nSPS) is 18.9. The number of urea groups is 1. The second kappa shape index (κ2) is 6.65. The van der Waals surface area contributed by atoms with Crippen molar-refractivity contribution in [2.24, 2.45) is 5.73 Å². The average Bonchev–Trinajstić information content (AvgIpc) is 2.43. The molecule has 1 atom stereocenters. The van der Waals surface area contributed by atoms with E-state index in [1.54, 1.807) is 4.90 Å². The Labute approximate surface area is 116 Å². The van der Waals surface area contributed by atoms with Crippen molar-refractivity contribution in [2.75, 3.05) is 18.4 Å². The summed E-state index contributed by atoms with van der Waals surface area (Å²) < 4.78 is 26.4. The van der Waals surface area contributed by atoms with Gasteiger partial charge < -0.3 is 16.0 Å². The minimum absolute atomic E-state index is 0.00604. The molecule has 2 rings (SSSR count). The number of hydrogen-bond donors (Lipinski definition) is 2. The van der Waals surface area contributed by atoms with Gasteiger partial charge in [-0.25, -0.2) is 13.6 Å². The van der Waals surface area contributed by atoms with E-state index >= 15 is 0 Å². The third kappa shape index (κ3) is 3.45. The number of hydrogen-bond acceptors (Lipinski definition) is 2. The van der Waals surface area contributed by atoms with Crippen molar-refractivity contribution in [1.82, 2.24) is 4.90 Å². The molecule has 1 aliphatic rings. The minimum atomic E-state index is -0.772. The van der Waals surface area contributed by atoms with Crippen LogP contribution in [0, 0.1) is 11.6 Å². The van der Waals surface area contributed by atoms with Crippen LogP contribution in [0.1, 0.15) is 25.7 Å². The molecule has 0 aliphatic carbocycles. The van der Waals surface area contributed by atoms with Gasteiger partial charge in [-0.2, -0.15) is 0 Å². The summed E-state index contributed by atoms with van der Waals surface area (Å²) in [6.45, 7) is 1.15. The third-order valence-corrected chi connectivity index (χ3v) is 3.56. The van der Waals surface area contributed by atoms with E-state index in [2.05, 4.69) is 5.32 Å². The van der Waals surface area contributed by atoms with Gasteiger partial charge >= 0.3 is 6.03 Å². The number of benzene rings is 1. The molecule has 3 N–H and O–H groups in total. The van der Waals surface area contributed by atoms with Crippen LogP contribution in [0.15, 0.2) is 18.2 Å². The number of anilines is 1. The van der Waals surface area contributed by atoms with Gasteiger partial charge in [0.05, 0.1) is 5.69 Å². The van der Waals surface area contributed by atoms with Gasteiger partial charge in [0.15, 0.2) is 0 Å². The molecule has 1 aromatic carbocycles. The van der Waals surface area contributed by atoms with E-state index in [9.17, 15) is 13.6 Å². The Morgan fingerprint density at radius 3 is 2.90 bits per heavy atom. The predicted molar refractivity (Wildman–Crippen MR) is 73.4 cm³/mol. The van der Waals surface area contributed by atoms with Gasteiger partial charge in [0.1, 0.15) is 11.6 Å². The van der Waals surface area contributed by atoms with Crippen LogP contribution in [0.25, 0.3) is 0 Å². The van der Waals surface area contributed by atoms with E-state index in [0.717, 1.165) is 37.8 Å². The highest BCUT2D eigenvalue weighted by molar-refractivity contribution is 5.89. The van der Waals surface area contributed by atoms with Crippen LogP contribution in [-0.4, -0.2) is 30.1 Å². The second-order valence-electron chi connectivity index (χ2n) is 4.97. The first-order valence-corrected chi connectivity index (χ1v) is 6.84. The zero-order valence-corrected chi connectivity index (χ0v) is 11.2. The van der Waals surface area contributed by atoms with Gasteiger partial charge in [-0.15, -0.1) is 0 Å². The van der Waals surface area contributed by atoms with E-state index in [0.29, 0.717) is 13.1 Å². The predicted octanol–water partition coefficient (Wildman–Crippen LogP) is 2.70. The molecular formula is C14H19F2N3O. The molecule has 1 saturated heterocycles. The van der Waals surface area contributed by atoms with Crippen LogP contribution < -0.4 is 11.1 Å². The highest BCUT2D eigenvalue weighted by atomic mass is 19.1. The van der Waals surface area contributed by atoms with Crippen molar-refractivity contribution in [3.8, 4) is 0 Å². The lowest BCUT2D eigenvalue weighted by Gasteiger charge is -2.35. The molecule has 110 valence electrons. The molecule has 0 aromatic heterocycles. The van der Waals surface area contributed by atoms with Crippen LogP contribution in [0.3, 0.4) is 0 Å². The average molecular weight is 283 g/mol. The van der Waals surface area contributed by atoms with Crippen molar-refractivity contribution >= 4 is 11.7 Å². The van der Waals surface area contributed by atoms with Gasteiger partial charge in [-0.3, -0.25) is 0 Å². The molecular weight excluding hydrogens is 264 g/mol. The quantitative estimate of drug-likeness (QED) is 0.896. The Bertz CT molecular complexity index is 479. The Morgan fingerprint density at radius 2 is 2.20 bits per heavy atom. The first kappa shape index (κ1) is 14.7. The summed E-state index contributed by atoms with van der Waals surface area (Å²) in [4.78, 5) is 13.9.